The van der Waals surface area contributed by atoms with Crippen LogP contribution < -0.4 is 22.8 Å². The minimum Gasteiger partial charge on any atom is -0.398 e. The highest BCUT2D eigenvalue weighted by Crippen LogP contribution is 2.32. The Bertz CT molecular complexity index is 564. The van der Waals surface area contributed by atoms with E-state index < -0.39 is 6.03 Å². The predicted octanol–water partition coefficient (Wildman–Crippen LogP) is -0.363. The van der Waals surface area contributed by atoms with E-state index in [9.17, 15) is 9.59 Å². The summed E-state index contributed by atoms with van der Waals surface area (Å²) in [6.45, 7) is 0.740. The van der Waals surface area contributed by atoms with Crippen molar-refractivity contribution in [3.05, 3.63) is 28.3 Å². The molecule has 8 nitrogen and oxygen atoms in total. The quantitative estimate of drug-likeness (QED) is 0.262. The molecule has 0 saturated heterocycles. The van der Waals surface area contributed by atoms with Crippen molar-refractivity contribution in [3.63, 3.8) is 0 Å². The maximum atomic E-state index is 12.2. The molecule has 0 radical (unpaired) electrons. The number of halogens is 1. The highest BCUT2D eigenvalue weighted by molar-refractivity contribution is 6.32. The molecule has 2 rings (SSSR count). The van der Waals surface area contributed by atoms with Gasteiger partial charge in [-0.15, -0.1) is 0 Å². The fourth-order valence-corrected chi connectivity index (χ4v) is 2.28. The van der Waals surface area contributed by atoms with Crippen molar-refractivity contribution in [2.45, 2.75) is 6.54 Å². The number of hydrogen-bond donors (Lipinski definition) is 4. The average molecular weight is 299 g/mol. The topological polar surface area (TPSA) is 131 Å². The fourth-order valence-electron chi connectivity index (χ4n) is 2.06. The highest BCUT2D eigenvalue weighted by Gasteiger charge is 2.31. The van der Waals surface area contributed by atoms with Gasteiger partial charge in [0, 0.05) is 29.4 Å². The number of fused-ring (bicyclic) bond motifs is 1. The number of rotatable bonds is 3. The third kappa shape index (κ3) is 2.48. The second-order valence-corrected chi connectivity index (χ2v) is 4.77. The van der Waals surface area contributed by atoms with Gasteiger partial charge in [0.05, 0.1) is 12.1 Å². The monoisotopic (exact) mass is 298 g/mol. The molecule has 20 heavy (non-hydrogen) atoms. The summed E-state index contributed by atoms with van der Waals surface area (Å²) in [7, 11) is 0. The largest absolute Gasteiger partial charge is 0.398 e. The summed E-state index contributed by atoms with van der Waals surface area (Å²) < 4.78 is 0. The molecule has 1 aromatic carbocycles. The number of nitrogens with two attached hydrogens (primary N) is 3. The Morgan fingerprint density at radius 3 is 2.80 bits per heavy atom. The van der Waals surface area contributed by atoms with Crippen LogP contribution in [0.2, 0.25) is 5.02 Å². The van der Waals surface area contributed by atoms with Gasteiger partial charge >= 0.3 is 6.03 Å². The van der Waals surface area contributed by atoms with E-state index in [1.165, 1.54) is 4.90 Å². The summed E-state index contributed by atoms with van der Waals surface area (Å²) in [6.07, 6.45) is 0. The smallest absolute Gasteiger partial charge is 0.345 e. The molecule has 0 aliphatic carbocycles. The van der Waals surface area contributed by atoms with E-state index in [2.05, 4.69) is 0 Å². The molecular formula is C11H15ClN6O2. The second kappa shape index (κ2) is 5.53. The molecule has 9 heteroatoms. The van der Waals surface area contributed by atoms with Crippen LogP contribution in [0.3, 0.4) is 0 Å². The number of hydrazine groups is 2. The normalized spacial score (nSPS) is 13.3. The zero-order valence-corrected chi connectivity index (χ0v) is 11.4. The number of carbonyl (C=O) groups excluding carboxylic acids is 2. The molecule has 0 unspecified atom stereocenters. The zero-order chi connectivity index (χ0) is 14.9. The number of urea groups is 1. The van der Waals surface area contributed by atoms with Crippen molar-refractivity contribution in [1.29, 1.82) is 0 Å². The van der Waals surface area contributed by atoms with Gasteiger partial charge < -0.3 is 10.6 Å². The van der Waals surface area contributed by atoms with Gasteiger partial charge in [0.1, 0.15) is 0 Å². The lowest BCUT2D eigenvalue weighted by atomic mass is 10.1. The van der Waals surface area contributed by atoms with Crippen LogP contribution in [0.4, 0.5) is 10.5 Å². The number of amides is 3. The first-order chi connectivity index (χ1) is 9.45. The number of nitrogen functional groups attached to an aromatic ring is 1. The van der Waals surface area contributed by atoms with Crippen LogP contribution in [0, 0.1) is 0 Å². The molecule has 0 spiro atoms. The Morgan fingerprint density at radius 2 is 2.20 bits per heavy atom. The third-order valence-corrected chi connectivity index (χ3v) is 3.49. The van der Waals surface area contributed by atoms with Crippen molar-refractivity contribution in [2.24, 2.45) is 11.7 Å². The second-order valence-electron chi connectivity index (χ2n) is 4.36. The molecule has 3 amide bonds. The Balaban J connectivity index is 2.08. The summed E-state index contributed by atoms with van der Waals surface area (Å²) in [5.41, 5.74) is 9.21. The van der Waals surface area contributed by atoms with E-state index in [0.29, 0.717) is 28.4 Å². The summed E-state index contributed by atoms with van der Waals surface area (Å²) in [6, 6.07) is 2.62. The summed E-state index contributed by atoms with van der Waals surface area (Å²) >= 11 is 6.06. The fraction of sp³-hybridized carbons (Fsp3) is 0.273. The van der Waals surface area contributed by atoms with Crippen LogP contribution in [-0.4, -0.2) is 34.9 Å². The van der Waals surface area contributed by atoms with Gasteiger partial charge in [-0.1, -0.05) is 11.6 Å². The molecule has 1 aromatic rings. The molecular weight excluding hydrogens is 284 g/mol. The number of hydrogen-bond acceptors (Lipinski definition) is 5. The lowest BCUT2D eigenvalue weighted by molar-refractivity contribution is 0.0764. The van der Waals surface area contributed by atoms with Crippen LogP contribution in [-0.2, 0) is 6.54 Å². The van der Waals surface area contributed by atoms with Crippen molar-refractivity contribution in [2.75, 3.05) is 18.8 Å². The van der Waals surface area contributed by atoms with E-state index in [1.807, 2.05) is 5.43 Å². The maximum absolute atomic E-state index is 12.2. The first kappa shape index (κ1) is 14.4. The lowest BCUT2D eigenvalue weighted by Gasteiger charge is -2.20. The SMILES string of the molecule is NNC(=O)N(N)CCN1Cc2c(Cl)ccc(N)c2C1=O. The van der Waals surface area contributed by atoms with E-state index in [0.717, 1.165) is 5.01 Å². The number of nitrogens with one attached hydrogen (secondary N) is 1. The van der Waals surface area contributed by atoms with Gasteiger partial charge in [0.25, 0.3) is 5.91 Å². The van der Waals surface area contributed by atoms with Crippen molar-refractivity contribution >= 4 is 29.2 Å². The molecule has 0 bridgehead atoms. The van der Waals surface area contributed by atoms with E-state index in [1.54, 1.807) is 12.1 Å². The van der Waals surface area contributed by atoms with Crippen molar-refractivity contribution < 1.29 is 9.59 Å². The van der Waals surface area contributed by atoms with Crippen LogP contribution in [0.1, 0.15) is 15.9 Å². The number of benzene rings is 1. The molecule has 0 saturated carbocycles. The summed E-state index contributed by atoms with van der Waals surface area (Å²) in [5.74, 6) is 10.2. The lowest BCUT2D eigenvalue weighted by Crippen LogP contribution is -2.50. The van der Waals surface area contributed by atoms with Gasteiger partial charge in [-0.3, -0.25) is 15.2 Å². The Hall–Kier alpha value is -2.03. The average Bonchev–Trinajstić information content (AvgIpc) is 2.78. The number of anilines is 1. The molecule has 1 heterocycles. The number of carbonyl (C=O) groups is 2. The molecule has 1 aliphatic heterocycles. The standard InChI is InChI=1S/C11H15ClN6O2/c12-7-1-2-8(13)9-6(7)5-17(10(9)19)3-4-18(15)11(20)16-14/h1-2H,3-5,13-15H2,(H,16,20). The third-order valence-electron chi connectivity index (χ3n) is 3.13. The van der Waals surface area contributed by atoms with Crippen molar-refractivity contribution in [3.8, 4) is 0 Å². The molecule has 1 aliphatic rings. The summed E-state index contributed by atoms with van der Waals surface area (Å²) in [5, 5.41) is 1.38. The van der Waals surface area contributed by atoms with E-state index in [-0.39, 0.29) is 19.0 Å². The van der Waals surface area contributed by atoms with Gasteiger partial charge in [0.2, 0.25) is 0 Å². The molecule has 0 fully saturated rings. The van der Waals surface area contributed by atoms with Gasteiger partial charge in [-0.05, 0) is 12.1 Å². The van der Waals surface area contributed by atoms with Crippen LogP contribution >= 0.6 is 11.6 Å². The van der Waals surface area contributed by atoms with Gasteiger partial charge in [-0.2, -0.15) is 0 Å². The highest BCUT2D eigenvalue weighted by atomic mass is 35.5. The summed E-state index contributed by atoms with van der Waals surface area (Å²) in [4.78, 5) is 24.9. The predicted molar refractivity (Wildman–Crippen MR) is 74.2 cm³/mol. The van der Waals surface area contributed by atoms with Crippen LogP contribution in [0.25, 0.3) is 0 Å². The number of nitrogens with zero attached hydrogens (tertiary/aromatic N) is 2. The first-order valence-corrected chi connectivity index (χ1v) is 6.22. The van der Waals surface area contributed by atoms with Gasteiger partial charge in [0.15, 0.2) is 0 Å². The molecule has 0 atom stereocenters. The Morgan fingerprint density at radius 1 is 1.50 bits per heavy atom. The Labute approximate surface area is 120 Å². The van der Waals surface area contributed by atoms with E-state index >= 15 is 0 Å². The van der Waals surface area contributed by atoms with Gasteiger partial charge in [-0.25, -0.2) is 16.5 Å². The maximum Gasteiger partial charge on any atom is 0.345 e. The molecule has 108 valence electrons. The Kier molecular flexibility index (Phi) is 3.98. The zero-order valence-electron chi connectivity index (χ0n) is 10.6. The molecule has 0 aromatic heterocycles. The first-order valence-electron chi connectivity index (χ1n) is 5.84. The van der Waals surface area contributed by atoms with Crippen LogP contribution in [0.15, 0.2) is 12.1 Å². The van der Waals surface area contributed by atoms with Crippen LogP contribution in [0.5, 0.6) is 0 Å². The minimum atomic E-state index is -0.633. The van der Waals surface area contributed by atoms with E-state index in [4.69, 9.17) is 29.0 Å². The van der Waals surface area contributed by atoms with Crippen molar-refractivity contribution in [1.82, 2.24) is 15.3 Å². The minimum absolute atomic E-state index is 0.139. The molecule has 7 N–H and O–H groups in total.